The van der Waals surface area contributed by atoms with Gasteiger partial charge in [0.1, 0.15) is 0 Å². The van der Waals surface area contributed by atoms with E-state index < -0.39 is 0 Å². The average molecular weight is 317 g/mol. The van der Waals surface area contributed by atoms with E-state index in [1.54, 1.807) is 12.1 Å². The van der Waals surface area contributed by atoms with Crippen molar-refractivity contribution < 1.29 is 9.59 Å². The van der Waals surface area contributed by atoms with Crippen LogP contribution in [0.5, 0.6) is 0 Å². The van der Waals surface area contributed by atoms with Crippen LogP contribution in [0.15, 0.2) is 12.1 Å². The maximum Gasteiger partial charge on any atom is 0.263 e. The number of imide groups is 1. The second-order valence-corrected chi connectivity index (χ2v) is 6.97. The standard InChI is InChI=1S/C18H27N3O2/c1-11(2)5-4-6-12(3)9-10-21-17(22)15-13(19)7-8-14(20)16(15)18(21)23/h7-8,11-12H,4-6,9-10,19-20H2,1-3H3/t12-/m0/s1. The Balaban J connectivity index is 1.98. The molecule has 2 rings (SSSR count). The summed E-state index contributed by atoms with van der Waals surface area (Å²) in [5.74, 6) is 0.561. The summed E-state index contributed by atoms with van der Waals surface area (Å²) in [5.41, 5.74) is 12.9. The van der Waals surface area contributed by atoms with Gasteiger partial charge in [-0.15, -0.1) is 0 Å². The first kappa shape index (κ1) is 17.3. The van der Waals surface area contributed by atoms with Crippen LogP contribution in [0, 0.1) is 11.8 Å². The van der Waals surface area contributed by atoms with Gasteiger partial charge in [0.05, 0.1) is 11.1 Å². The summed E-state index contributed by atoms with van der Waals surface area (Å²) in [7, 11) is 0. The van der Waals surface area contributed by atoms with Crippen molar-refractivity contribution in [2.24, 2.45) is 11.8 Å². The highest BCUT2D eigenvalue weighted by Crippen LogP contribution is 2.32. The van der Waals surface area contributed by atoms with Gasteiger partial charge in [-0.2, -0.15) is 0 Å². The summed E-state index contributed by atoms with van der Waals surface area (Å²) in [6, 6.07) is 3.16. The van der Waals surface area contributed by atoms with Crippen LogP contribution in [0.3, 0.4) is 0 Å². The van der Waals surface area contributed by atoms with Crippen molar-refractivity contribution in [2.75, 3.05) is 18.0 Å². The molecule has 0 aliphatic carbocycles. The first-order valence-corrected chi connectivity index (χ1v) is 8.37. The molecular weight excluding hydrogens is 290 g/mol. The minimum Gasteiger partial charge on any atom is -0.398 e. The Morgan fingerprint density at radius 2 is 1.43 bits per heavy atom. The van der Waals surface area contributed by atoms with Crippen molar-refractivity contribution in [3.05, 3.63) is 23.3 Å². The van der Waals surface area contributed by atoms with E-state index >= 15 is 0 Å². The Morgan fingerprint density at radius 3 is 1.91 bits per heavy atom. The van der Waals surface area contributed by atoms with Crippen molar-refractivity contribution in [3.8, 4) is 0 Å². The van der Waals surface area contributed by atoms with Gasteiger partial charge in [0.15, 0.2) is 0 Å². The molecule has 5 nitrogen and oxygen atoms in total. The van der Waals surface area contributed by atoms with E-state index in [2.05, 4.69) is 20.8 Å². The zero-order valence-electron chi connectivity index (χ0n) is 14.3. The van der Waals surface area contributed by atoms with Gasteiger partial charge in [-0.3, -0.25) is 14.5 Å². The number of hydrogen-bond donors (Lipinski definition) is 2. The second-order valence-electron chi connectivity index (χ2n) is 6.97. The Kier molecular flexibility index (Phi) is 5.29. The summed E-state index contributed by atoms with van der Waals surface area (Å²) in [6.07, 6.45) is 4.32. The van der Waals surface area contributed by atoms with Gasteiger partial charge in [0, 0.05) is 17.9 Å². The minimum absolute atomic E-state index is 0.266. The molecule has 0 saturated carbocycles. The number of rotatable bonds is 7. The fourth-order valence-corrected chi connectivity index (χ4v) is 3.03. The van der Waals surface area contributed by atoms with E-state index in [0.29, 0.717) is 29.8 Å². The molecule has 2 amide bonds. The van der Waals surface area contributed by atoms with Crippen LogP contribution in [0.1, 0.15) is 67.2 Å². The molecule has 1 aromatic rings. The summed E-state index contributed by atoms with van der Waals surface area (Å²) in [5, 5.41) is 0. The monoisotopic (exact) mass is 317 g/mol. The first-order valence-electron chi connectivity index (χ1n) is 8.37. The fourth-order valence-electron chi connectivity index (χ4n) is 3.03. The Hall–Kier alpha value is -2.04. The van der Waals surface area contributed by atoms with Crippen LogP contribution in [-0.2, 0) is 0 Å². The van der Waals surface area contributed by atoms with Gasteiger partial charge in [-0.25, -0.2) is 0 Å². The lowest BCUT2D eigenvalue weighted by atomic mass is 9.97. The molecule has 0 bridgehead atoms. The summed E-state index contributed by atoms with van der Waals surface area (Å²) in [4.78, 5) is 26.2. The van der Waals surface area contributed by atoms with Gasteiger partial charge in [0.2, 0.25) is 0 Å². The number of hydrogen-bond acceptors (Lipinski definition) is 4. The van der Waals surface area contributed by atoms with Crippen molar-refractivity contribution in [2.45, 2.75) is 46.5 Å². The van der Waals surface area contributed by atoms with Crippen molar-refractivity contribution >= 4 is 23.2 Å². The molecule has 23 heavy (non-hydrogen) atoms. The second kappa shape index (κ2) is 7.02. The lowest BCUT2D eigenvalue weighted by Gasteiger charge is -2.17. The van der Waals surface area contributed by atoms with E-state index in [1.165, 1.54) is 17.7 Å². The van der Waals surface area contributed by atoms with Gasteiger partial charge >= 0.3 is 0 Å². The number of fused-ring (bicyclic) bond motifs is 1. The molecule has 0 unspecified atom stereocenters. The number of carbonyl (C=O) groups excluding carboxylic acids is 2. The molecule has 4 N–H and O–H groups in total. The topological polar surface area (TPSA) is 89.4 Å². The normalized spacial score (nSPS) is 15.4. The van der Waals surface area contributed by atoms with Crippen LogP contribution in [0.25, 0.3) is 0 Å². The van der Waals surface area contributed by atoms with Crippen LogP contribution in [-0.4, -0.2) is 23.3 Å². The molecule has 1 aromatic carbocycles. The third-order valence-corrected chi connectivity index (χ3v) is 4.51. The van der Waals surface area contributed by atoms with Crippen molar-refractivity contribution in [3.63, 3.8) is 0 Å². The maximum atomic E-state index is 12.5. The smallest absolute Gasteiger partial charge is 0.263 e. The van der Waals surface area contributed by atoms with Crippen molar-refractivity contribution in [1.29, 1.82) is 0 Å². The van der Waals surface area contributed by atoms with Crippen LogP contribution in [0.4, 0.5) is 11.4 Å². The SMILES string of the molecule is CC(C)CCC[C@H](C)CCN1C(=O)c2c(N)ccc(N)c2C1=O. The summed E-state index contributed by atoms with van der Waals surface area (Å²) < 4.78 is 0. The van der Waals surface area contributed by atoms with Gasteiger partial charge in [0.25, 0.3) is 11.8 Å². The predicted octanol–water partition coefficient (Wildman–Crippen LogP) is 3.30. The van der Waals surface area contributed by atoms with E-state index in [-0.39, 0.29) is 22.9 Å². The summed E-state index contributed by atoms with van der Waals surface area (Å²) in [6.45, 7) is 7.03. The number of nitrogens with two attached hydrogens (primary N) is 2. The highest BCUT2D eigenvalue weighted by molar-refractivity contribution is 6.25. The number of amides is 2. The molecule has 5 heteroatoms. The third-order valence-electron chi connectivity index (χ3n) is 4.51. The van der Waals surface area contributed by atoms with Crippen LogP contribution < -0.4 is 11.5 Å². The van der Waals surface area contributed by atoms with E-state index in [1.807, 2.05) is 0 Å². The third kappa shape index (κ3) is 3.66. The van der Waals surface area contributed by atoms with E-state index in [9.17, 15) is 9.59 Å². The number of nitrogen functional groups attached to an aromatic ring is 2. The summed E-state index contributed by atoms with van der Waals surface area (Å²) >= 11 is 0. The molecule has 0 aromatic heterocycles. The Morgan fingerprint density at radius 1 is 0.913 bits per heavy atom. The lowest BCUT2D eigenvalue weighted by molar-refractivity contribution is 0.0646. The minimum atomic E-state index is -0.316. The molecule has 0 saturated heterocycles. The van der Waals surface area contributed by atoms with Crippen LogP contribution in [0.2, 0.25) is 0 Å². The van der Waals surface area contributed by atoms with Crippen molar-refractivity contribution in [1.82, 2.24) is 4.90 Å². The zero-order valence-corrected chi connectivity index (χ0v) is 14.3. The molecule has 1 aliphatic rings. The molecule has 126 valence electrons. The quantitative estimate of drug-likeness (QED) is 0.596. The fraction of sp³-hybridized carbons (Fsp3) is 0.556. The Bertz CT molecular complexity index is 570. The zero-order chi connectivity index (χ0) is 17.1. The molecule has 0 spiro atoms. The van der Waals surface area contributed by atoms with E-state index in [0.717, 1.165) is 12.8 Å². The number of nitrogens with zero attached hydrogens (tertiary/aromatic N) is 1. The Labute approximate surface area is 138 Å². The van der Waals surface area contributed by atoms with Gasteiger partial charge in [-0.05, 0) is 30.4 Å². The first-order chi connectivity index (χ1) is 10.8. The van der Waals surface area contributed by atoms with E-state index in [4.69, 9.17) is 11.5 Å². The highest BCUT2D eigenvalue weighted by atomic mass is 16.2. The lowest BCUT2D eigenvalue weighted by Crippen LogP contribution is -2.31. The highest BCUT2D eigenvalue weighted by Gasteiger charge is 2.38. The van der Waals surface area contributed by atoms with Gasteiger partial charge < -0.3 is 11.5 Å². The maximum absolute atomic E-state index is 12.5. The average Bonchev–Trinajstić information content (AvgIpc) is 2.73. The largest absolute Gasteiger partial charge is 0.398 e. The molecule has 1 aliphatic heterocycles. The predicted molar refractivity (Wildman–Crippen MR) is 93.1 cm³/mol. The number of carbonyl (C=O) groups is 2. The molecule has 0 fully saturated rings. The van der Waals surface area contributed by atoms with Crippen LogP contribution >= 0.6 is 0 Å². The molecule has 1 heterocycles. The van der Waals surface area contributed by atoms with Gasteiger partial charge in [-0.1, -0.05) is 40.0 Å². The molecule has 0 radical (unpaired) electrons. The molecular formula is C18H27N3O2. The number of anilines is 2. The molecule has 1 atom stereocenters. The number of benzene rings is 1.